The maximum Gasteiger partial charge on any atom is 0.0219 e. The van der Waals surface area contributed by atoms with Gasteiger partial charge >= 0.3 is 0 Å². The minimum Gasteiger partial charge on any atom is -0.310 e. The predicted octanol–water partition coefficient (Wildman–Crippen LogP) is 3.62. The molecular formula is C14H19NS. The van der Waals surface area contributed by atoms with Crippen molar-refractivity contribution in [2.75, 3.05) is 6.54 Å². The molecule has 1 aliphatic heterocycles. The van der Waals surface area contributed by atoms with Crippen LogP contribution in [0, 0.1) is 5.92 Å². The Kier molecular flexibility index (Phi) is 4.53. The molecule has 2 rings (SSSR count). The molecule has 1 N–H and O–H groups in total. The molecule has 0 aromatic rings. The first-order valence-electron chi connectivity index (χ1n) is 6.00. The summed E-state index contributed by atoms with van der Waals surface area (Å²) >= 11 is 1.71. The van der Waals surface area contributed by atoms with Crippen molar-refractivity contribution >= 4 is 11.8 Å². The van der Waals surface area contributed by atoms with Crippen LogP contribution in [0.4, 0.5) is 0 Å². The summed E-state index contributed by atoms with van der Waals surface area (Å²) in [7, 11) is 0. The van der Waals surface area contributed by atoms with Crippen LogP contribution in [0.5, 0.6) is 0 Å². The van der Waals surface area contributed by atoms with Gasteiger partial charge in [-0.2, -0.15) is 0 Å². The second-order valence-corrected chi connectivity index (χ2v) is 5.23. The van der Waals surface area contributed by atoms with Crippen LogP contribution in [0.15, 0.2) is 40.9 Å². The lowest BCUT2D eigenvalue weighted by atomic mass is 9.86. The van der Waals surface area contributed by atoms with E-state index in [1.165, 1.54) is 31.3 Å². The number of allylic oxidation sites excluding steroid dienone is 1. The van der Waals surface area contributed by atoms with Crippen molar-refractivity contribution < 1.29 is 0 Å². The molecular weight excluding hydrogens is 214 g/mol. The van der Waals surface area contributed by atoms with Crippen LogP contribution in [0.2, 0.25) is 0 Å². The van der Waals surface area contributed by atoms with E-state index in [2.05, 4.69) is 35.2 Å². The van der Waals surface area contributed by atoms with Crippen LogP contribution in [-0.4, -0.2) is 12.6 Å². The first-order valence-corrected chi connectivity index (χ1v) is 6.94. The molecule has 2 heteroatoms. The normalized spacial score (nSPS) is 28.9. The molecule has 86 valence electrons. The number of hydrogen-bond acceptors (Lipinski definition) is 2. The summed E-state index contributed by atoms with van der Waals surface area (Å²) in [6, 6.07) is 0.696. The quantitative estimate of drug-likeness (QED) is 0.588. The Balaban J connectivity index is 1.71. The van der Waals surface area contributed by atoms with Crippen LogP contribution >= 0.6 is 11.8 Å². The predicted molar refractivity (Wildman–Crippen MR) is 72.3 cm³/mol. The third-order valence-corrected chi connectivity index (χ3v) is 4.04. The van der Waals surface area contributed by atoms with Gasteiger partial charge in [0.05, 0.1) is 0 Å². The summed E-state index contributed by atoms with van der Waals surface area (Å²) in [6.45, 7) is 4.86. The first-order chi connectivity index (χ1) is 7.88. The van der Waals surface area contributed by atoms with E-state index in [0.717, 1.165) is 12.5 Å². The molecule has 1 heterocycles. The fourth-order valence-electron chi connectivity index (χ4n) is 2.25. The second-order valence-electron chi connectivity index (χ2n) is 4.49. The van der Waals surface area contributed by atoms with E-state index < -0.39 is 0 Å². The Hall–Kier alpha value is -0.690. The third kappa shape index (κ3) is 3.41. The van der Waals surface area contributed by atoms with Gasteiger partial charge in [0.1, 0.15) is 0 Å². The molecule has 1 aliphatic carbocycles. The Bertz CT molecular complexity index is 329. The van der Waals surface area contributed by atoms with E-state index in [1.807, 2.05) is 5.41 Å². The Morgan fingerprint density at radius 1 is 1.44 bits per heavy atom. The van der Waals surface area contributed by atoms with Crippen molar-refractivity contribution in [1.82, 2.24) is 5.32 Å². The molecule has 0 unspecified atom stereocenters. The molecule has 1 fully saturated rings. The topological polar surface area (TPSA) is 12.0 Å². The van der Waals surface area contributed by atoms with Gasteiger partial charge in [-0.15, -0.1) is 12.3 Å². The van der Waals surface area contributed by atoms with Gasteiger partial charge < -0.3 is 5.32 Å². The van der Waals surface area contributed by atoms with Crippen molar-refractivity contribution in [2.45, 2.75) is 31.7 Å². The van der Waals surface area contributed by atoms with Gasteiger partial charge in [0.2, 0.25) is 0 Å². The highest BCUT2D eigenvalue weighted by molar-refractivity contribution is 8.04. The molecule has 0 amide bonds. The average molecular weight is 233 g/mol. The van der Waals surface area contributed by atoms with Crippen LogP contribution in [0.25, 0.3) is 0 Å². The average Bonchev–Trinajstić information content (AvgIpc) is 2.38. The highest BCUT2D eigenvalue weighted by Gasteiger charge is 2.18. The minimum atomic E-state index is 0.696. The number of nitrogens with one attached hydrogen (secondary N) is 1. The molecule has 0 spiro atoms. The first kappa shape index (κ1) is 11.8. The Morgan fingerprint density at radius 3 is 2.88 bits per heavy atom. The summed E-state index contributed by atoms with van der Waals surface area (Å²) < 4.78 is 0. The lowest BCUT2D eigenvalue weighted by Crippen LogP contribution is -2.34. The van der Waals surface area contributed by atoms with Gasteiger partial charge in [-0.05, 0) is 48.7 Å². The molecule has 0 aromatic carbocycles. The summed E-state index contributed by atoms with van der Waals surface area (Å²) in [5.41, 5.74) is 4.48. The van der Waals surface area contributed by atoms with Crippen LogP contribution in [0.1, 0.15) is 25.7 Å². The highest BCUT2D eigenvalue weighted by Crippen LogP contribution is 2.25. The molecule has 0 saturated heterocycles. The van der Waals surface area contributed by atoms with Crippen molar-refractivity contribution in [1.29, 1.82) is 0 Å². The van der Waals surface area contributed by atoms with Crippen molar-refractivity contribution in [3.63, 3.8) is 0 Å². The largest absolute Gasteiger partial charge is 0.310 e. The molecule has 1 saturated carbocycles. The smallest absolute Gasteiger partial charge is 0.0219 e. The molecule has 0 aromatic heterocycles. The molecule has 1 nitrogen and oxygen atoms in total. The highest BCUT2D eigenvalue weighted by atomic mass is 32.2. The maximum atomic E-state index is 3.88. The minimum absolute atomic E-state index is 0.696. The number of rotatable bonds is 4. The van der Waals surface area contributed by atoms with Gasteiger partial charge in [-0.25, -0.2) is 0 Å². The van der Waals surface area contributed by atoms with E-state index >= 15 is 0 Å². The monoisotopic (exact) mass is 233 g/mol. The van der Waals surface area contributed by atoms with Crippen molar-refractivity contribution in [3.05, 3.63) is 40.9 Å². The van der Waals surface area contributed by atoms with E-state index in [4.69, 9.17) is 0 Å². The zero-order chi connectivity index (χ0) is 11.2. The number of hydrogen-bond donors (Lipinski definition) is 1. The third-order valence-electron chi connectivity index (χ3n) is 3.32. The van der Waals surface area contributed by atoms with Crippen molar-refractivity contribution in [2.24, 2.45) is 5.92 Å². The van der Waals surface area contributed by atoms with E-state index in [-0.39, 0.29) is 0 Å². The van der Waals surface area contributed by atoms with Gasteiger partial charge in [0, 0.05) is 18.0 Å². The van der Waals surface area contributed by atoms with Crippen LogP contribution < -0.4 is 5.32 Å². The number of thioether (sulfide) groups is 1. The van der Waals surface area contributed by atoms with E-state index in [9.17, 15) is 0 Å². The maximum absolute atomic E-state index is 3.88. The van der Waals surface area contributed by atoms with Gasteiger partial charge in [0.15, 0.2) is 0 Å². The lowest BCUT2D eigenvalue weighted by molar-refractivity contribution is 0.335. The molecule has 2 aliphatic rings. The van der Waals surface area contributed by atoms with Gasteiger partial charge in [-0.3, -0.25) is 0 Å². The summed E-state index contributed by atoms with van der Waals surface area (Å²) in [5.74, 6) is 0.755. The Labute approximate surface area is 102 Å². The molecule has 16 heavy (non-hydrogen) atoms. The second kappa shape index (κ2) is 6.15. The molecule has 0 radical (unpaired) electrons. The van der Waals surface area contributed by atoms with Crippen LogP contribution in [-0.2, 0) is 0 Å². The summed E-state index contributed by atoms with van der Waals surface area (Å²) in [4.78, 5) is 0. The molecule has 0 bridgehead atoms. The molecule has 0 atom stereocenters. The lowest BCUT2D eigenvalue weighted by Gasteiger charge is -2.27. The van der Waals surface area contributed by atoms with Crippen LogP contribution in [0.3, 0.4) is 0 Å². The fourth-order valence-corrected chi connectivity index (χ4v) is 2.79. The SMILES string of the molecule is C=CC1CCC(NCC2=CSC=C=C2)CC1. The van der Waals surface area contributed by atoms with Crippen molar-refractivity contribution in [3.8, 4) is 0 Å². The van der Waals surface area contributed by atoms with Gasteiger partial charge in [-0.1, -0.05) is 17.8 Å². The standard InChI is InChI=1S/C14H19NS/c1-2-12-5-7-14(8-6-12)15-10-13-4-3-9-16-11-13/h2,4,9,11-12,14-15H,1,5-8,10H2. The fraction of sp³-hybridized carbons (Fsp3) is 0.500. The van der Waals surface area contributed by atoms with E-state index in [1.54, 1.807) is 11.8 Å². The van der Waals surface area contributed by atoms with Gasteiger partial charge in [0.25, 0.3) is 0 Å². The van der Waals surface area contributed by atoms with E-state index in [0.29, 0.717) is 6.04 Å². The Morgan fingerprint density at radius 2 is 2.25 bits per heavy atom. The summed E-state index contributed by atoms with van der Waals surface area (Å²) in [6.07, 6.45) is 9.35. The zero-order valence-corrected chi connectivity index (χ0v) is 10.4. The summed E-state index contributed by atoms with van der Waals surface area (Å²) in [5, 5.41) is 7.81. The zero-order valence-electron chi connectivity index (χ0n) is 9.61.